The van der Waals surface area contributed by atoms with Crippen molar-refractivity contribution in [1.82, 2.24) is 0 Å². The number of nitrogens with zero attached hydrogens (tertiary/aromatic N) is 1. The van der Waals surface area contributed by atoms with Crippen molar-refractivity contribution >= 4 is 23.1 Å². The lowest BCUT2D eigenvalue weighted by Crippen LogP contribution is -2.29. The number of ketones is 1. The molecule has 0 saturated carbocycles. The van der Waals surface area contributed by atoms with Gasteiger partial charge in [0.2, 0.25) is 0 Å². The van der Waals surface area contributed by atoms with Crippen LogP contribution in [0.2, 0.25) is 0 Å². The Morgan fingerprint density at radius 2 is 1.69 bits per heavy atom. The Bertz CT molecular complexity index is 1350. The van der Waals surface area contributed by atoms with Gasteiger partial charge >= 0.3 is 0 Å². The summed E-state index contributed by atoms with van der Waals surface area (Å²) in [5.41, 5.74) is 2.21. The van der Waals surface area contributed by atoms with E-state index in [1.807, 2.05) is 13.8 Å². The second-order valence-electron chi connectivity index (χ2n) is 8.76. The van der Waals surface area contributed by atoms with E-state index in [0.29, 0.717) is 22.4 Å². The highest BCUT2D eigenvalue weighted by atomic mass is 19.1. The topological polar surface area (TPSA) is 66.8 Å². The minimum atomic E-state index is -1.08. The molecule has 1 saturated heterocycles. The number of ether oxygens (including phenoxy) is 1. The lowest BCUT2D eigenvalue weighted by atomic mass is 9.91. The smallest absolute Gasteiger partial charge is 0.300 e. The number of amides is 1. The molecule has 1 aliphatic heterocycles. The maximum Gasteiger partial charge on any atom is 0.300 e. The monoisotopic (exact) mass is 477 g/mol. The number of aliphatic hydroxyl groups excluding tert-OH is 1. The molecule has 180 valence electrons. The number of benzene rings is 3. The van der Waals surface area contributed by atoms with Crippen LogP contribution in [0.3, 0.4) is 0 Å². The van der Waals surface area contributed by atoms with Crippen LogP contribution in [0.4, 0.5) is 14.5 Å². The summed E-state index contributed by atoms with van der Waals surface area (Å²) in [5, 5.41) is 11.5. The van der Waals surface area contributed by atoms with Gasteiger partial charge in [0.05, 0.1) is 18.7 Å². The molecule has 4 rings (SSSR count). The molecule has 1 N–H and O–H groups in total. The highest BCUT2D eigenvalue weighted by Crippen LogP contribution is 2.43. The maximum atomic E-state index is 14.0. The highest BCUT2D eigenvalue weighted by molar-refractivity contribution is 6.51. The predicted molar refractivity (Wildman–Crippen MR) is 129 cm³/mol. The average molecular weight is 478 g/mol. The first-order chi connectivity index (χ1) is 16.6. The van der Waals surface area contributed by atoms with E-state index in [9.17, 15) is 23.5 Å². The molecule has 1 aliphatic rings. The summed E-state index contributed by atoms with van der Waals surface area (Å²) in [6.45, 7) is 5.70. The van der Waals surface area contributed by atoms with Gasteiger partial charge in [0.15, 0.2) is 0 Å². The minimum absolute atomic E-state index is 0.0553. The Labute approximate surface area is 202 Å². The van der Waals surface area contributed by atoms with Gasteiger partial charge in [-0.2, -0.15) is 0 Å². The van der Waals surface area contributed by atoms with Crippen LogP contribution < -0.4 is 9.64 Å². The van der Waals surface area contributed by atoms with Crippen molar-refractivity contribution in [1.29, 1.82) is 0 Å². The van der Waals surface area contributed by atoms with Crippen LogP contribution in [0, 0.1) is 18.6 Å². The normalized spacial score (nSPS) is 17.3. The molecule has 0 radical (unpaired) electrons. The molecule has 0 aliphatic carbocycles. The van der Waals surface area contributed by atoms with Crippen molar-refractivity contribution in [3.63, 3.8) is 0 Å². The fourth-order valence-corrected chi connectivity index (χ4v) is 4.41. The number of rotatable bonds is 5. The van der Waals surface area contributed by atoms with Gasteiger partial charge < -0.3 is 9.84 Å². The fraction of sp³-hybridized carbons (Fsp3) is 0.214. The van der Waals surface area contributed by atoms with Crippen LogP contribution >= 0.6 is 0 Å². The number of methoxy groups -OCH3 is 1. The van der Waals surface area contributed by atoms with Crippen LogP contribution in [-0.2, 0) is 9.59 Å². The number of aliphatic hydroxyl groups is 1. The van der Waals surface area contributed by atoms with Gasteiger partial charge in [-0.05, 0) is 72.0 Å². The third kappa shape index (κ3) is 4.30. The third-order valence-electron chi connectivity index (χ3n) is 6.17. The molecule has 1 amide bonds. The Kier molecular flexibility index (Phi) is 6.43. The zero-order valence-electron chi connectivity index (χ0n) is 19.8. The first kappa shape index (κ1) is 24.1. The average Bonchev–Trinajstić information content (AvgIpc) is 3.09. The number of carbonyl (C=O) groups excluding carboxylic acids is 2. The number of anilines is 1. The molecule has 5 nitrogen and oxygen atoms in total. The van der Waals surface area contributed by atoms with Gasteiger partial charge in [-0.25, -0.2) is 8.78 Å². The third-order valence-corrected chi connectivity index (χ3v) is 6.17. The largest absolute Gasteiger partial charge is 0.507 e. The van der Waals surface area contributed by atoms with Gasteiger partial charge in [-0.3, -0.25) is 14.5 Å². The molecule has 3 aromatic rings. The predicted octanol–water partition coefficient (Wildman–Crippen LogP) is 6.03. The van der Waals surface area contributed by atoms with Crippen molar-refractivity contribution < 1.29 is 28.2 Å². The molecule has 1 heterocycles. The molecular weight excluding hydrogens is 452 g/mol. The van der Waals surface area contributed by atoms with E-state index in [0.717, 1.165) is 16.5 Å². The lowest BCUT2D eigenvalue weighted by molar-refractivity contribution is -0.132. The number of hydrogen-bond acceptors (Lipinski definition) is 4. The number of carbonyl (C=O) groups is 2. The standard InChI is InChI=1S/C28H25F2NO4/c1-15(2)21-14-22(16(3)12-23(21)35-4)26(32)24-25(17-8-10-18(29)11-9-17)31(28(34)27(24)33)20-7-5-6-19(30)13-20/h5-15,25,32H,1-4H3/b26-24+. The first-order valence-electron chi connectivity index (χ1n) is 11.1. The first-order valence-corrected chi connectivity index (χ1v) is 11.1. The van der Waals surface area contributed by atoms with Crippen molar-refractivity contribution in [3.05, 3.63) is 100 Å². The van der Waals surface area contributed by atoms with Crippen LogP contribution in [0.5, 0.6) is 5.75 Å². The van der Waals surface area contributed by atoms with Crippen molar-refractivity contribution in [3.8, 4) is 5.75 Å². The lowest BCUT2D eigenvalue weighted by Gasteiger charge is -2.25. The number of Topliss-reactive ketones (excluding diaryl/α,β-unsaturated/α-hetero) is 1. The van der Waals surface area contributed by atoms with E-state index in [1.165, 1.54) is 42.5 Å². The minimum Gasteiger partial charge on any atom is -0.507 e. The van der Waals surface area contributed by atoms with E-state index in [1.54, 1.807) is 26.2 Å². The van der Waals surface area contributed by atoms with E-state index in [4.69, 9.17) is 4.74 Å². The molecule has 3 aromatic carbocycles. The van der Waals surface area contributed by atoms with Gasteiger partial charge in [-0.15, -0.1) is 0 Å². The molecule has 1 unspecified atom stereocenters. The molecule has 0 aromatic heterocycles. The summed E-state index contributed by atoms with van der Waals surface area (Å²) < 4.78 is 33.2. The molecule has 1 fully saturated rings. The Balaban J connectivity index is 1.99. The zero-order chi connectivity index (χ0) is 25.4. The van der Waals surface area contributed by atoms with Gasteiger partial charge in [0.1, 0.15) is 23.1 Å². The molecule has 1 atom stereocenters. The second-order valence-corrected chi connectivity index (χ2v) is 8.76. The molecule has 7 heteroatoms. The summed E-state index contributed by atoms with van der Waals surface area (Å²) in [5.74, 6) is -2.58. The molecule has 0 bridgehead atoms. The van der Waals surface area contributed by atoms with Gasteiger partial charge in [0.25, 0.3) is 11.7 Å². The Morgan fingerprint density at radius 1 is 1.00 bits per heavy atom. The Hall–Kier alpha value is -4.00. The summed E-state index contributed by atoms with van der Waals surface area (Å²) in [6.07, 6.45) is 0. The quantitative estimate of drug-likeness (QED) is 0.277. The van der Waals surface area contributed by atoms with Crippen LogP contribution in [0.15, 0.2) is 66.2 Å². The molecule has 0 spiro atoms. The summed E-state index contributed by atoms with van der Waals surface area (Å²) in [6, 6.07) is 13.0. The molecular formula is C28H25F2NO4. The van der Waals surface area contributed by atoms with Crippen LogP contribution in [-0.4, -0.2) is 23.9 Å². The summed E-state index contributed by atoms with van der Waals surface area (Å²) in [4.78, 5) is 27.6. The fourth-order valence-electron chi connectivity index (χ4n) is 4.41. The van der Waals surface area contributed by atoms with E-state index < -0.39 is 29.4 Å². The number of aryl methyl sites for hydroxylation is 1. The zero-order valence-corrected chi connectivity index (χ0v) is 19.8. The van der Waals surface area contributed by atoms with E-state index >= 15 is 0 Å². The van der Waals surface area contributed by atoms with E-state index in [2.05, 4.69) is 0 Å². The summed E-state index contributed by atoms with van der Waals surface area (Å²) in [7, 11) is 1.55. The van der Waals surface area contributed by atoms with Crippen molar-refractivity contribution in [2.75, 3.05) is 12.0 Å². The van der Waals surface area contributed by atoms with Crippen molar-refractivity contribution in [2.45, 2.75) is 32.7 Å². The second kappa shape index (κ2) is 9.33. The van der Waals surface area contributed by atoms with Gasteiger partial charge in [-0.1, -0.05) is 32.0 Å². The van der Waals surface area contributed by atoms with E-state index in [-0.39, 0.29) is 22.9 Å². The summed E-state index contributed by atoms with van der Waals surface area (Å²) >= 11 is 0. The highest BCUT2D eigenvalue weighted by Gasteiger charge is 2.47. The van der Waals surface area contributed by atoms with Crippen LogP contribution in [0.25, 0.3) is 5.76 Å². The maximum absolute atomic E-state index is 14.0. The SMILES string of the molecule is COc1cc(C)c(/C(O)=C2\C(=O)C(=O)N(c3cccc(F)c3)C2c2ccc(F)cc2)cc1C(C)C. The van der Waals surface area contributed by atoms with Gasteiger partial charge in [0, 0.05) is 11.3 Å². The van der Waals surface area contributed by atoms with Crippen LogP contribution in [0.1, 0.15) is 48.1 Å². The molecule has 35 heavy (non-hydrogen) atoms. The number of halogens is 2. The number of hydrogen-bond donors (Lipinski definition) is 1. The Morgan fingerprint density at radius 3 is 2.29 bits per heavy atom. The van der Waals surface area contributed by atoms with Crippen molar-refractivity contribution in [2.24, 2.45) is 0 Å².